The van der Waals surface area contributed by atoms with E-state index in [-0.39, 0.29) is 51.3 Å². The van der Waals surface area contributed by atoms with Crippen molar-refractivity contribution in [3.05, 3.63) is 0 Å². The normalized spacial score (nSPS) is 10.0. The van der Waals surface area contributed by atoms with Gasteiger partial charge in [-0.3, -0.25) is 14.4 Å². The summed E-state index contributed by atoms with van der Waals surface area (Å²) in [5, 5.41) is 12.7. The van der Waals surface area contributed by atoms with Crippen molar-refractivity contribution in [2.45, 2.75) is 26.8 Å². The van der Waals surface area contributed by atoms with E-state index in [2.05, 4.69) is 31.3 Å². The molecule has 0 fully saturated rings. The molecule has 0 aromatic carbocycles. The van der Waals surface area contributed by atoms with Gasteiger partial charge in [-0.15, -0.1) is 0 Å². The van der Waals surface area contributed by atoms with Crippen molar-refractivity contribution in [3.63, 3.8) is 0 Å². The largest absolute Gasteiger partial charge is 0.450 e. The molecule has 0 heterocycles. The predicted octanol–water partition coefficient (Wildman–Crippen LogP) is -1.92. The van der Waals surface area contributed by atoms with Gasteiger partial charge in [-0.2, -0.15) is 0 Å². The number of hydrogen-bond donors (Lipinski definition) is 5. The number of carbonyl (C=O) groups excluding carboxylic acids is 4. The third-order valence-corrected chi connectivity index (χ3v) is 2.56. The van der Waals surface area contributed by atoms with Gasteiger partial charge < -0.3 is 31.3 Å². The monoisotopic (exact) mass is 345 g/mol. The highest BCUT2D eigenvalue weighted by Crippen LogP contribution is 1.76. The molecule has 0 aliphatic rings. The summed E-state index contributed by atoms with van der Waals surface area (Å²) in [5.74, 6) is -1.16. The molecule has 0 unspecified atom stereocenters. The zero-order valence-corrected chi connectivity index (χ0v) is 14.4. The number of nitrogens with one attached hydrogen (secondary N) is 5. The fraction of sp³-hybridized carbons (Fsp3) is 0.714. The van der Waals surface area contributed by atoms with Crippen molar-refractivity contribution < 1.29 is 23.9 Å². The van der Waals surface area contributed by atoms with E-state index < -0.39 is 17.9 Å². The van der Waals surface area contributed by atoms with E-state index in [0.29, 0.717) is 0 Å². The molecule has 138 valence electrons. The van der Waals surface area contributed by atoms with Crippen LogP contribution in [-0.4, -0.2) is 69.2 Å². The molecule has 0 aromatic rings. The minimum atomic E-state index is -0.553. The van der Waals surface area contributed by atoms with Crippen LogP contribution in [0.5, 0.6) is 0 Å². The van der Waals surface area contributed by atoms with Gasteiger partial charge in [0.05, 0.1) is 26.2 Å². The summed E-state index contributed by atoms with van der Waals surface area (Å²) in [7, 11) is 0. The number of hydrogen-bond acceptors (Lipinski definition) is 6. The second kappa shape index (κ2) is 13.1. The summed E-state index contributed by atoms with van der Waals surface area (Å²) in [6, 6.07) is 0.173. The Hall–Kier alpha value is -2.36. The van der Waals surface area contributed by atoms with Gasteiger partial charge in [-0.25, -0.2) is 4.79 Å². The van der Waals surface area contributed by atoms with Gasteiger partial charge in [0.15, 0.2) is 0 Å². The van der Waals surface area contributed by atoms with Crippen LogP contribution in [0.15, 0.2) is 0 Å². The van der Waals surface area contributed by atoms with E-state index in [4.69, 9.17) is 0 Å². The summed E-state index contributed by atoms with van der Waals surface area (Å²) in [4.78, 5) is 45.3. The van der Waals surface area contributed by atoms with Crippen molar-refractivity contribution in [3.8, 4) is 0 Å². The van der Waals surface area contributed by atoms with Crippen LogP contribution in [0.3, 0.4) is 0 Å². The van der Waals surface area contributed by atoms with Crippen LogP contribution < -0.4 is 26.6 Å². The number of rotatable bonds is 11. The molecule has 24 heavy (non-hydrogen) atoms. The van der Waals surface area contributed by atoms with Crippen LogP contribution in [0.1, 0.15) is 20.8 Å². The Bertz CT molecular complexity index is 428. The molecule has 0 bridgehead atoms. The Kier molecular flexibility index (Phi) is 11.8. The first kappa shape index (κ1) is 21.6. The first-order chi connectivity index (χ1) is 11.3. The summed E-state index contributed by atoms with van der Waals surface area (Å²) in [5.41, 5.74) is 0. The van der Waals surface area contributed by atoms with E-state index in [0.717, 1.165) is 0 Å². The van der Waals surface area contributed by atoms with Crippen molar-refractivity contribution in [1.82, 2.24) is 26.6 Å². The van der Waals surface area contributed by atoms with Crippen molar-refractivity contribution in [2.75, 3.05) is 39.3 Å². The predicted molar refractivity (Wildman–Crippen MR) is 87.2 cm³/mol. The molecule has 0 aliphatic carbocycles. The van der Waals surface area contributed by atoms with Gasteiger partial charge in [-0.05, 0) is 6.92 Å². The highest BCUT2D eigenvalue weighted by Gasteiger charge is 2.08. The van der Waals surface area contributed by atoms with Gasteiger partial charge in [0.1, 0.15) is 0 Å². The Morgan fingerprint density at radius 2 is 1.29 bits per heavy atom. The van der Waals surface area contributed by atoms with Crippen molar-refractivity contribution in [1.29, 1.82) is 0 Å². The van der Waals surface area contributed by atoms with E-state index in [1.54, 1.807) is 6.92 Å². The molecule has 0 aliphatic heterocycles. The maximum Gasteiger partial charge on any atom is 0.407 e. The fourth-order valence-corrected chi connectivity index (χ4v) is 1.39. The first-order valence-electron chi connectivity index (χ1n) is 7.79. The zero-order chi connectivity index (χ0) is 18.4. The minimum absolute atomic E-state index is 0.124. The molecule has 0 rings (SSSR count). The lowest BCUT2D eigenvalue weighted by Crippen LogP contribution is -2.45. The molecule has 5 N–H and O–H groups in total. The zero-order valence-electron chi connectivity index (χ0n) is 14.4. The van der Waals surface area contributed by atoms with Gasteiger partial charge in [-0.1, -0.05) is 13.8 Å². The lowest BCUT2D eigenvalue weighted by molar-refractivity contribution is -0.127. The average molecular weight is 345 g/mol. The third kappa shape index (κ3) is 13.3. The minimum Gasteiger partial charge on any atom is -0.450 e. The van der Waals surface area contributed by atoms with Crippen LogP contribution in [0.4, 0.5) is 4.79 Å². The number of amides is 4. The summed E-state index contributed by atoms with van der Waals surface area (Å²) >= 11 is 0. The molecule has 0 radical (unpaired) electrons. The summed E-state index contributed by atoms with van der Waals surface area (Å²) < 4.78 is 4.65. The average Bonchev–Trinajstić information content (AvgIpc) is 2.53. The first-order valence-corrected chi connectivity index (χ1v) is 7.79. The highest BCUT2D eigenvalue weighted by atomic mass is 16.5. The van der Waals surface area contributed by atoms with E-state index in [9.17, 15) is 19.2 Å². The molecule has 4 amide bonds. The molecule has 10 heteroatoms. The van der Waals surface area contributed by atoms with Crippen LogP contribution in [0, 0.1) is 0 Å². The molecular weight excluding hydrogens is 318 g/mol. The molecular formula is C14H27N5O5. The lowest BCUT2D eigenvalue weighted by atomic mass is 10.4. The van der Waals surface area contributed by atoms with Crippen molar-refractivity contribution >= 4 is 23.8 Å². The van der Waals surface area contributed by atoms with Gasteiger partial charge in [0, 0.05) is 19.1 Å². The number of ether oxygens (including phenoxy) is 1. The van der Waals surface area contributed by atoms with Gasteiger partial charge >= 0.3 is 6.09 Å². The van der Waals surface area contributed by atoms with Gasteiger partial charge in [0.2, 0.25) is 17.7 Å². The van der Waals surface area contributed by atoms with Crippen LogP contribution in [0.25, 0.3) is 0 Å². The fourth-order valence-electron chi connectivity index (χ4n) is 1.39. The van der Waals surface area contributed by atoms with Crippen LogP contribution >= 0.6 is 0 Å². The topological polar surface area (TPSA) is 138 Å². The number of carbonyl (C=O) groups is 4. The molecule has 0 atom stereocenters. The Labute approximate surface area is 141 Å². The summed E-state index contributed by atoms with van der Waals surface area (Å²) in [6.07, 6.45) is -0.553. The number of alkyl carbamates (subject to hydrolysis) is 1. The molecule has 0 spiro atoms. The molecule has 10 nitrogen and oxygen atoms in total. The second-order valence-corrected chi connectivity index (χ2v) is 5.09. The lowest BCUT2D eigenvalue weighted by Gasteiger charge is -2.10. The highest BCUT2D eigenvalue weighted by molar-refractivity contribution is 5.88. The molecule has 0 saturated heterocycles. The van der Waals surface area contributed by atoms with Crippen LogP contribution in [0.2, 0.25) is 0 Å². The smallest absolute Gasteiger partial charge is 0.407 e. The third-order valence-electron chi connectivity index (χ3n) is 2.56. The van der Waals surface area contributed by atoms with E-state index in [1.807, 2.05) is 13.8 Å². The second-order valence-electron chi connectivity index (χ2n) is 5.09. The molecule has 0 saturated carbocycles. The van der Waals surface area contributed by atoms with E-state index in [1.165, 1.54) is 0 Å². The maximum absolute atomic E-state index is 11.5. The Balaban J connectivity index is 3.66. The Morgan fingerprint density at radius 3 is 1.83 bits per heavy atom. The summed E-state index contributed by atoms with van der Waals surface area (Å²) in [6.45, 7) is 5.92. The molecule has 0 aromatic heterocycles. The van der Waals surface area contributed by atoms with Crippen LogP contribution in [-0.2, 0) is 19.1 Å². The van der Waals surface area contributed by atoms with Crippen molar-refractivity contribution in [2.24, 2.45) is 0 Å². The van der Waals surface area contributed by atoms with Gasteiger partial charge in [0.25, 0.3) is 0 Å². The van der Waals surface area contributed by atoms with E-state index >= 15 is 0 Å². The quantitative estimate of drug-likeness (QED) is 0.277. The maximum atomic E-state index is 11.5. The standard InChI is InChI=1S/C14H27N5O5/c1-4-24-14(23)16-6-5-15-11(20)8-18-13(22)9-19-12(21)7-17-10(2)3/h10,17H,4-9H2,1-3H3,(H,15,20)(H,16,23)(H,18,22)(H,19,21). The SMILES string of the molecule is CCOC(=O)NCCNC(=O)CNC(=O)CNC(=O)CNC(C)C. The Morgan fingerprint density at radius 1 is 0.792 bits per heavy atom.